The van der Waals surface area contributed by atoms with Crippen LogP contribution in [0.1, 0.15) is 19.8 Å². The van der Waals surface area contributed by atoms with Crippen molar-refractivity contribution in [2.45, 2.75) is 45.5 Å². The monoisotopic (exact) mass is 192 g/mol. The van der Waals surface area contributed by atoms with E-state index in [-0.39, 0.29) is 0 Å². The summed E-state index contributed by atoms with van der Waals surface area (Å²) < 4.78 is 0. The molecule has 68 valence electrons. The minimum Gasteiger partial charge on any atom is -0.127 e. The summed E-state index contributed by atoms with van der Waals surface area (Å²) in [6.45, 7) is 9.58. The van der Waals surface area contributed by atoms with Gasteiger partial charge in [-0.05, 0) is 12.3 Å². The Morgan fingerprint density at radius 2 is 1.82 bits per heavy atom. The third-order valence-electron chi connectivity index (χ3n) is 2.00. The van der Waals surface area contributed by atoms with E-state index in [4.69, 9.17) is 11.6 Å². The maximum atomic E-state index is 5.72. The number of hydrogen-bond donors (Lipinski definition) is 0. The average molecular weight is 193 g/mol. The summed E-state index contributed by atoms with van der Waals surface area (Å²) >= 11 is 5.72. The summed E-state index contributed by atoms with van der Waals surface area (Å²) in [7, 11) is -0.837. The predicted octanol–water partition coefficient (Wildman–Crippen LogP) is 3.98. The fraction of sp³-hybridized carbons (Fsp3) is 1.00. The first kappa shape index (κ1) is 11.5. The zero-order valence-corrected chi connectivity index (χ0v) is 10.0. The van der Waals surface area contributed by atoms with E-state index >= 15 is 0 Å². The molecule has 0 aromatic heterocycles. The van der Waals surface area contributed by atoms with Crippen LogP contribution in [0.5, 0.6) is 0 Å². The molecule has 0 aromatic rings. The van der Waals surface area contributed by atoms with E-state index in [1.807, 2.05) is 0 Å². The molecule has 0 nitrogen and oxygen atoms in total. The van der Waals surface area contributed by atoms with Gasteiger partial charge in [0.1, 0.15) is 0 Å². The van der Waals surface area contributed by atoms with Crippen LogP contribution in [0.4, 0.5) is 0 Å². The summed E-state index contributed by atoms with van der Waals surface area (Å²) in [5.41, 5.74) is 0. The second kappa shape index (κ2) is 5.21. The predicted molar refractivity (Wildman–Crippen MR) is 57.3 cm³/mol. The van der Waals surface area contributed by atoms with Gasteiger partial charge in [0.05, 0.1) is 0 Å². The molecule has 0 aliphatic heterocycles. The Labute approximate surface area is 77.3 Å². The summed E-state index contributed by atoms with van der Waals surface area (Å²) in [6.07, 6.45) is 2.51. The average Bonchev–Trinajstić information content (AvgIpc) is 1.84. The highest BCUT2D eigenvalue weighted by molar-refractivity contribution is 6.76. The highest BCUT2D eigenvalue weighted by atomic mass is 35.5. The van der Waals surface area contributed by atoms with Crippen molar-refractivity contribution in [2.24, 2.45) is 5.92 Å². The summed E-state index contributed by atoms with van der Waals surface area (Å²) in [5, 5.41) is 0. The van der Waals surface area contributed by atoms with Gasteiger partial charge in [-0.3, -0.25) is 0 Å². The Morgan fingerprint density at radius 3 is 2.09 bits per heavy atom. The SMILES string of the molecule is CCC(CCCl)C[Si](C)(C)C. The van der Waals surface area contributed by atoms with Crippen molar-refractivity contribution in [1.82, 2.24) is 0 Å². The number of rotatable bonds is 5. The maximum Gasteiger partial charge on any atom is 0.0445 e. The molecule has 0 amide bonds. The molecular weight excluding hydrogens is 172 g/mol. The molecule has 0 fully saturated rings. The molecule has 0 bridgehead atoms. The Morgan fingerprint density at radius 1 is 1.27 bits per heavy atom. The van der Waals surface area contributed by atoms with Crippen molar-refractivity contribution in [3.8, 4) is 0 Å². The molecular formula is C9H21ClSi. The van der Waals surface area contributed by atoms with Crippen LogP contribution in [0.3, 0.4) is 0 Å². The van der Waals surface area contributed by atoms with E-state index in [0.717, 1.165) is 11.8 Å². The van der Waals surface area contributed by atoms with Crippen molar-refractivity contribution >= 4 is 19.7 Å². The lowest BCUT2D eigenvalue weighted by Crippen LogP contribution is -2.23. The quantitative estimate of drug-likeness (QED) is 0.457. The molecule has 0 heterocycles. The van der Waals surface area contributed by atoms with Crippen molar-refractivity contribution in [3.63, 3.8) is 0 Å². The minimum atomic E-state index is -0.837. The topological polar surface area (TPSA) is 0 Å². The Balaban J connectivity index is 3.68. The molecule has 1 atom stereocenters. The second-order valence-electron chi connectivity index (χ2n) is 4.52. The Bertz CT molecular complexity index is 96.2. The van der Waals surface area contributed by atoms with Crippen LogP contribution in [0, 0.1) is 5.92 Å². The van der Waals surface area contributed by atoms with E-state index in [0.29, 0.717) is 0 Å². The summed E-state index contributed by atoms with van der Waals surface area (Å²) in [5.74, 6) is 1.72. The van der Waals surface area contributed by atoms with Gasteiger partial charge in [0.2, 0.25) is 0 Å². The smallest absolute Gasteiger partial charge is 0.0445 e. The van der Waals surface area contributed by atoms with Crippen LogP contribution < -0.4 is 0 Å². The molecule has 0 spiro atoms. The largest absolute Gasteiger partial charge is 0.127 e. The molecule has 0 saturated carbocycles. The van der Waals surface area contributed by atoms with Crippen LogP contribution in [0.2, 0.25) is 25.7 Å². The van der Waals surface area contributed by atoms with Gasteiger partial charge < -0.3 is 0 Å². The van der Waals surface area contributed by atoms with Gasteiger partial charge >= 0.3 is 0 Å². The fourth-order valence-corrected chi connectivity index (χ4v) is 4.00. The normalized spacial score (nSPS) is 15.0. The summed E-state index contributed by atoms with van der Waals surface area (Å²) in [6, 6.07) is 1.44. The van der Waals surface area contributed by atoms with Gasteiger partial charge in [-0.2, -0.15) is 0 Å². The maximum absolute atomic E-state index is 5.72. The van der Waals surface area contributed by atoms with Gasteiger partial charge in [0.25, 0.3) is 0 Å². The van der Waals surface area contributed by atoms with Crippen LogP contribution in [-0.2, 0) is 0 Å². The molecule has 0 aromatic carbocycles. The third-order valence-corrected chi connectivity index (χ3v) is 4.02. The molecule has 11 heavy (non-hydrogen) atoms. The zero-order chi connectivity index (χ0) is 8.91. The van der Waals surface area contributed by atoms with Crippen LogP contribution in [0.15, 0.2) is 0 Å². The zero-order valence-electron chi connectivity index (χ0n) is 8.28. The lowest BCUT2D eigenvalue weighted by atomic mass is 10.1. The van der Waals surface area contributed by atoms with Crippen molar-refractivity contribution in [3.05, 3.63) is 0 Å². The second-order valence-corrected chi connectivity index (χ2v) is 10.4. The van der Waals surface area contributed by atoms with E-state index in [2.05, 4.69) is 26.6 Å². The highest BCUT2D eigenvalue weighted by Crippen LogP contribution is 2.22. The first-order valence-electron chi connectivity index (χ1n) is 4.55. The van der Waals surface area contributed by atoms with Gasteiger partial charge in [0, 0.05) is 14.0 Å². The van der Waals surface area contributed by atoms with Gasteiger partial charge in [-0.1, -0.05) is 39.0 Å². The van der Waals surface area contributed by atoms with Crippen LogP contribution in [-0.4, -0.2) is 14.0 Å². The molecule has 0 aliphatic rings. The van der Waals surface area contributed by atoms with Crippen molar-refractivity contribution < 1.29 is 0 Å². The van der Waals surface area contributed by atoms with Gasteiger partial charge in [-0.15, -0.1) is 11.6 Å². The Hall–Kier alpha value is 0.507. The lowest BCUT2D eigenvalue weighted by molar-refractivity contribution is 0.539. The van der Waals surface area contributed by atoms with Crippen molar-refractivity contribution in [2.75, 3.05) is 5.88 Å². The molecule has 0 aliphatic carbocycles. The standard InChI is InChI=1S/C9H21ClSi/c1-5-9(6-7-10)8-11(2,3)4/h9H,5-8H2,1-4H3. The van der Waals surface area contributed by atoms with E-state index in [1.165, 1.54) is 18.9 Å². The number of alkyl halides is 1. The molecule has 0 radical (unpaired) electrons. The number of hydrogen-bond acceptors (Lipinski definition) is 0. The molecule has 1 unspecified atom stereocenters. The van der Waals surface area contributed by atoms with Gasteiger partial charge in [0.15, 0.2) is 0 Å². The fourth-order valence-electron chi connectivity index (χ4n) is 1.47. The first-order chi connectivity index (χ1) is 4.99. The Kier molecular flexibility index (Phi) is 5.45. The minimum absolute atomic E-state index is 0.836. The summed E-state index contributed by atoms with van der Waals surface area (Å²) in [4.78, 5) is 0. The molecule has 0 saturated heterocycles. The van der Waals surface area contributed by atoms with Gasteiger partial charge in [-0.25, -0.2) is 0 Å². The molecule has 0 rings (SSSR count). The van der Waals surface area contributed by atoms with Crippen LogP contribution in [0.25, 0.3) is 0 Å². The van der Waals surface area contributed by atoms with E-state index in [9.17, 15) is 0 Å². The third kappa shape index (κ3) is 6.89. The first-order valence-corrected chi connectivity index (χ1v) is 8.79. The van der Waals surface area contributed by atoms with E-state index in [1.54, 1.807) is 0 Å². The van der Waals surface area contributed by atoms with Crippen LogP contribution >= 0.6 is 11.6 Å². The van der Waals surface area contributed by atoms with E-state index < -0.39 is 8.07 Å². The highest BCUT2D eigenvalue weighted by Gasteiger charge is 2.18. The van der Waals surface area contributed by atoms with Crippen molar-refractivity contribution in [1.29, 1.82) is 0 Å². The molecule has 0 N–H and O–H groups in total. The molecule has 2 heteroatoms. The number of halogens is 1. The lowest BCUT2D eigenvalue weighted by Gasteiger charge is -2.22.